The van der Waals surface area contributed by atoms with Crippen LogP contribution in [0.4, 0.5) is 0 Å². The lowest BCUT2D eigenvalue weighted by Gasteiger charge is -2.27. The minimum absolute atomic E-state index is 0.398. The molecule has 0 fully saturated rings. The van der Waals surface area contributed by atoms with Gasteiger partial charge in [-0.05, 0) is 0 Å². The van der Waals surface area contributed by atoms with Crippen molar-refractivity contribution in [3.8, 4) is 0 Å². The van der Waals surface area contributed by atoms with Crippen LogP contribution in [-0.4, -0.2) is 29.9 Å². The van der Waals surface area contributed by atoms with Crippen LogP contribution in [0.2, 0.25) is 0 Å². The quantitative estimate of drug-likeness (QED) is 0.662. The van der Waals surface area contributed by atoms with Crippen LogP contribution in [0, 0.1) is 5.92 Å². The van der Waals surface area contributed by atoms with E-state index in [1.54, 1.807) is 0 Å². The van der Waals surface area contributed by atoms with E-state index in [0.717, 1.165) is 13.1 Å². The average Bonchev–Trinajstić information content (AvgIpc) is 3.01. The van der Waals surface area contributed by atoms with E-state index in [0.29, 0.717) is 12.0 Å². The summed E-state index contributed by atoms with van der Waals surface area (Å²) >= 11 is 0. The van der Waals surface area contributed by atoms with Crippen molar-refractivity contribution in [1.82, 2.24) is 4.90 Å². The van der Waals surface area contributed by atoms with Gasteiger partial charge in [0.05, 0.1) is 18.5 Å². The smallest absolute Gasteiger partial charge is 0.111 e. The molecule has 0 atom stereocenters. The lowest BCUT2D eigenvalue weighted by molar-refractivity contribution is 0.432. The fourth-order valence-electron chi connectivity index (χ4n) is 2.31. The third-order valence-corrected chi connectivity index (χ3v) is 3.04. The number of nitrogens with zero attached hydrogens (tertiary/aromatic N) is 2. The molecule has 3 aliphatic rings. The van der Waals surface area contributed by atoms with E-state index in [2.05, 4.69) is 58.5 Å². The van der Waals surface area contributed by atoms with Crippen molar-refractivity contribution in [3.63, 3.8) is 0 Å². The van der Waals surface area contributed by atoms with Crippen molar-refractivity contribution in [2.45, 2.75) is 6.04 Å². The van der Waals surface area contributed by atoms with Crippen LogP contribution in [0.25, 0.3) is 0 Å². The van der Waals surface area contributed by atoms with Crippen LogP contribution in [0.5, 0.6) is 0 Å². The van der Waals surface area contributed by atoms with Crippen LogP contribution >= 0.6 is 0 Å². The summed E-state index contributed by atoms with van der Waals surface area (Å²) in [6.07, 6.45) is 17.3. The van der Waals surface area contributed by atoms with Gasteiger partial charge in [-0.1, -0.05) is 48.6 Å². The Bertz CT molecular complexity index is 375. The van der Waals surface area contributed by atoms with Crippen molar-refractivity contribution >= 4 is 5.84 Å². The zero-order valence-electron chi connectivity index (χ0n) is 8.58. The SMILES string of the molecule is C1=CC(C2=NCCN2C2C=CC=C2)C=C1. The summed E-state index contributed by atoms with van der Waals surface area (Å²) < 4.78 is 0. The molecule has 0 radical (unpaired) electrons. The maximum Gasteiger partial charge on any atom is 0.111 e. The van der Waals surface area contributed by atoms with Crippen LogP contribution in [0.3, 0.4) is 0 Å². The Hall–Kier alpha value is -1.57. The molecular weight excluding hydrogens is 184 g/mol. The van der Waals surface area contributed by atoms with E-state index < -0.39 is 0 Å². The number of aliphatic imine (C=N–C) groups is 1. The zero-order chi connectivity index (χ0) is 10.1. The molecule has 0 amide bonds. The van der Waals surface area contributed by atoms with Gasteiger partial charge in [-0.15, -0.1) is 0 Å². The zero-order valence-corrected chi connectivity index (χ0v) is 8.58. The predicted molar refractivity (Wildman–Crippen MR) is 62.8 cm³/mol. The van der Waals surface area contributed by atoms with Crippen molar-refractivity contribution in [2.75, 3.05) is 13.1 Å². The maximum atomic E-state index is 4.62. The molecule has 0 saturated carbocycles. The van der Waals surface area contributed by atoms with E-state index in [9.17, 15) is 0 Å². The molecule has 76 valence electrons. The molecular formula is C13H14N2. The van der Waals surface area contributed by atoms with Gasteiger partial charge in [0.2, 0.25) is 0 Å². The van der Waals surface area contributed by atoms with Crippen LogP contribution in [0.15, 0.2) is 53.6 Å². The van der Waals surface area contributed by atoms with Crippen LogP contribution in [0.1, 0.15) is 0 Å². The third kappa shape index (κ3) is 1.46. The van der Waals surface area contributed by atoms with Gasteiger partial charge in [0.25, 0.3) is 0 Å². The van der Waals surface area contributed by atoms with E-state index in [4.69, 9.17) is 0 Å². The highest BCUT2D eigenvalue weighted by atomic mass is 15.3. The molecule has 0 N–H and O–H groups in total. The fraction of sp³-hybridized carbons (Fsp3) is 0.308. The summed E-state index contributed by atoms with van der Waals surface area (Å²) in [6.45, 7) is 1.98. The lowest BCUT2D eigenvalue weighted by atomic mass is 10.1. The van der Waals surface area contributed by atoms with E-state index >= 15 is 0 Å². The number of hydrogen-bond donors (Lipinski definition) is 0. The highest BCUT2D eigenvalue weighted by Gasteiger charge is 2.27. The number of rotatable bonds is 2. The van der Waals surface area contributed by atoms with Gasteiger partial charge in [0.1, 0.15) is 5.84 Å². The summed E-state index contributed by atoms with van der Waals surface area (Å²) in [5.74, 6) is 1.62. The number of hydrogen-bond acceptors (Lipinski definition) is 2. The van der Waals surface area contributed by atoms with E-state index in [1.165, 1.54) is 5.84 Å². The molecule has 2 aliphatic carbocycles. The first-order valence-corrected chi connectivity index (χ1v) is 5.46. The number of amidine groups is 1. The van der Waals surface area contributed by atoms with Gasteiger partial charge < -0.3 is 4.90 Å². The molecule has 1 heterocycles. The first-order valence-electron chi connectivity index (χ1n) is 5.46. The summed E-state index contributed by atoms with van der Waals surface area (Å²) in [7, 11) is 0. The number of allylic oxidation sites excluding steroid dienone is 4. The molecule has 0 spiro atoms. The Morgan fingerprint density at radius 3 is 2.40 bits per heavy atom. The van der Waals surface area contributed by atoms with Gasteiger partial charge in [-0.25, -0.2) is 0 Å². The topological polar surface area (TPSA) is 15.6 Å². The van der Waals surface area contributed by atoms with Gasteiger partial charge in [-0.2, -0.15) is 0 Å². The largest absolute Gasteiger partial charge is 0.348 e. The standard InChI is InChI=1S/C13H14N2/c1-2-6-11(5-1)13-14-9-10-15(13)12-7-3-4-8-12/h1-8,11-12H,9-10H2. The Morgan fingerprint density at radius 1 is 1.00 bits per heavy atom. The molecule has 15 heavy (non-hydrogen) atoms. The van der Waals surface area contributed by atoms with Gasteiger partial charge >= 0.3 is 0 Å². The van der Waals surface area contributed by atoms with E-state index in [-0.39, 0.29) is 0 Å². The van der Waals surface area contributed by atoms with Gasteiger partial charge in [-0.3, -0.25) is 4.99 Å². The second kappa shape index (κ2) is 3.54. The molecule has 3 rings (SSSR count). The van der Waals surface area contributed by atoms with Crippen molar-refractivity contribution < 1.29 is 0 Å². The second-order valence-electron chi connectivity index (χ2n) is 3.99. The first-order chi connectivity index (χ1) is 7.45. The van der Waals surface area contributed by atoms with Crippen LogP contribution in [-0.2, 0) is 0 Å². The molecule has 0 saturated heterocycles. The van der Waals surface area contributed by atoms with E-state index in [1.807, 2.05) is 0 Å². The Balaban J connectivity index is 1.82. The Kier molecular flexibility index (Phi) is 2.05. The van der Waals surface area contributed by atoms with Crippen LogP contribution < -0.4 is 0 Å². The molecule has 0 aromatic carbocycles. The third-order valence-electron chi connectivity index (χ3n) is 3.04. The Morgan fingerprint density at radius 2 is 1.67 bits per heavy atom. The van der Waals surface area contributed by atoms with Gasteiger partial charge in [0.15, 0.2) is 0 Å². The summed E-state index contributed by atoms with van der Waals surface area (Å²) in [5.41, 5.74) is 0. The average molecular weight is 198 g/mol. The summed E-state index contributed by atoms with van der Waals surface area (Å²) in [4.78, 5) is 7.01. The molecule has 0 aromatic rings. The highest BCUT2D eigenvalue weighted by molar-refractivity contribution is 5.90. The molecule has 2 nitrogen and oxygen atoms in total. The van der Waals surface area contributed by atoms with Crippen molar-refractivity contribution in [2.24, 2.45) is 10.9 Å². The molecule has 2 heteroatoms. The van der Waals surface area contributed by atoms with Crippen molar-refractivity contribution in [3.05, 3.63) is 48.6 Å². The minimum atomic E-state index is 0.398. The van der Waals surface area contributed by atoms with Gasteiger partial charge in [0, 0.05) is 6.54 Å². The van der Waals surface area contributed by atoms with Crippen molar-refractivity contribution in [1.29, 1.82) is 0 Å². The molecule has 0 unspecified atom stereocenters. The minimum Gasteiger partial charge on any atom is -0.348 e. The normalized spacial score (nSPS) is 24.8. The first kappa shape index (κ1) is 8.72. The molecule has 1 aliphatic heterocycles. The monoisotopic (exact) mass is 198 g/mol. The summed E-state index contributed by atoms with van der Waals surface area (Å²) in [6, 6.07) is 0.425. The highest BCUT2D eigenvalue weighted by Crippen LogP contribution is 2.21. The fourth-order valence-corrected chi connectivity index (χ4v) is 2.31. The summed E-state index contributed by atoms with van der Waals surface area (Å²) in [5, 5.41) is 0. The maximum absolute atomic E-state index is 4.62. The Labute approximate surface area is 90.0 Å². The molecule has 0 aromatic heterocycles. The predicted octanol–water partition coefficient (Wildman–Crippen LogP) is 1.94. The molecule has 0 bridgehead atoms. The lowest BCUT2D eigenvalue weighted by Crippen LogP contribution is -2.37. The second-order valence-corrected chi connectivity index (χ2v) is 3.99.